The minimum atomic E-state index is -0.175. The van der Waals surface area contributed by atoms with Gasteiger partial charge < -0.3 is 4.90 Å². The summed E-state index contributed by atoms with van der Waals surface area (Å²) in [5.74, 6) is 0.0173. The maximum absolute atomic E-state index is 13.2. The lowest BCUT2D eigenvalue weighted by molar-refractivity contribution is -0.132. The molecule has 1 amide bonds. The van der Waals surface area contributed by atoms with E-state index >= 15 is 0 Å². The van der Waals surface area contributed by atoms with Gasteiger partial charge in [-0.25, -0.2) is 4.39 Å². The highest BCUT2D eigenvalue weighted by Crippen LogP contribution is 2.32. The van der Waals surface area contributed by atoms with Crippen molar-refractivity contribution in [1.82, 2.24) is 10.2 Å². The standard InChI is InChI=1S/C16H21FN2O/c1-11(16(20)19-8-2-3-9-19)18-15-7-4-12-10-13(17)5-6-14(12)15/h5-6,10-11,15,18H,2-4,7-9H2,1H3. The van der Waals surface area contributed by atoms with Gasteiger partial charge in [0.15, 0.2) is 0 Å². The van der Waals surface area contributed by atoms with Gasteiger partial charge in [-0.15, -0.1) is 0 Å². The van der Waals surface area contributed by atoms with Gasteiger partial charge in [0, 0.05) is 19.1 Å². The molecule has 1 fully saturated rings. The van der Waals surface area contributed by atoms with Gasteiger partial charge in [0.25, 0.3) is 0 Å². The third kappa shape index (κ3) is 2.57. The molecule has 0 saturated carbocycles. The Morgan fingerprint density at radius 2 is 2.15 bits per heavy atom. The first kappa shape index (κ1) is 13.6. The Kier molecular flexibility index (Phi) is 3.74. The molecule has 2 unspecified atom stereocenters. The summed E-state index contributed by atoms with van der Waals surface area (Å²) < 4.78 is 13.2. The molecule has 108 valence electrons. The van der Waals surface area contributed by atoms with E-state index < -0.39 is 0 Å². The summed E-state index contributed by atoms with van der Waals surface area (Å²) in [4.78, 5) is 14.2. The molecular weight excluding hydrogens is 255 g/mol. The van der Waals surface area contributed by atoms with Gasteiger partial charge in [-0.1, -0.05) is 6.07 Å². The van der Waals surface area contributed by atoms with E-state index in [2.05, 4.69) is 5.32 Å². The van der Waals surface area contributed by atoms with E-state index in [-0.39, 0.29) is 23.8 Å². The van der Waals surface area contributed by atoms with Gasteiger partial charge in [0.05, 0.1) is 6.04 Å². The quantitative estimate of drug-likeness (QED) is 0.919. The largest absolute Gasteiger partial charge is 0.341 e. The Hall–Kier alpha value is -1.42. The maximum Gasteiger partial charge on any atom is 0.239 e. The van der Waals surface area contributed by atoms with Crippen molar-refractivity contribution in [1.29, 1.82) is 0 Å². The Morgan fingerprint density at radius 3 is 2.90 bits per heavy atom. The normalized spacial score (nSPS) is 22.9. The van der Waals surface area contributed by atoms with Crippen LogP contribution in [0.2, 0.25) is 0 Å². The summed E-state index contributed by atoms with van der Waals surface area (Å²) in [7, 11) is 0. The number of aryl methyl sites for hydroxylation is 1. The second-order valence-corrected chi connectivity index (χ2v) is 5.86. The van der Waals surface area contributed by atoms with E-state index in [4.69, 9.17) is 0 Å². The molecule has 4 heteroatoms. The molecule has 1 aliphatic heterocycles. The summed E-state index contributed by atoms with van der Waals surface area (Å²) in [6.45, 7) is 3.71. The Balaban J connectivity index is 1.66. The van der Waals surface area contributed by atoms with Crippen LogP contribution in [-0.4, -0.2) is 29.9 Å². The lowest BCUT2D eigenvalue weighted by atomic mass is 10.1. The molecule has 0 aromatic heterocycles. The van der Waals surface area contributed by atoms with Crippen LogP contribution in [0.15, 0.2) is 18.2 Å². The maximum atomic E-state index is 13.2. The van der Waals surface area contributed by atoms with Crippen LogP contribution in [0.3, 0.4) is 0 Å². The number of benzene rings is 1. The van der Waals surface area contributed by atoms with Crippen molar-refractivity contribution in [3.8, 4) is 0 Å². The molecule has 1 aliphatic carbocycles. The van der Waals surface area contributed by atoms with Gasteiger partial charge in [0.2, 0.25) is 5.91 Å². The van der Waals surface area contributed by atoms with Crippen molar-refractivity contribution in [3.63, 3.8) is 0 Å². The number of carbonyl (C=O) groups excluding carboxylic acids is 1. The fourth-order valence-corrected chi connectivity index (χ4v) is 3.34. The molecule has 0 spiro atoms. The summed E-state index contributed by atoms with van der Waals surface area (Å²) >= 11 is 0. The van der Waals surface area contributed by atoms with Crippen LogP contribution in [0.1, 0.15) is 43.4 Å². The van der Waals surface area contributed by atoms with E-state index in [1.54, 1.807) is 6.07 Å². The summed E-state index contributed by atoms with van der Waals surface area (Å²) in [5.41, 5.74) is 2.22. The average molecular weight is 276 g/mol. The number of fused-ring (bicyclic) bond motifs is 1. The van der Waals surface area contributed by atoms with Crippen molar-refractivity contribution in [2.45, 2.75) is 44.7 Å². The summed E-state index contributed by atoms with van der Waals surface area (Å²) in [5, 5.41) is 3.42. The molecule has 3 nitrogen and oxygen atoms in total. The van der Waals surface area contributed by atoms with Gasteiger partial charge in [-0.05, 0) is 55.9 Å². The molecule has 1 saturated heterocycles. The third-order valence-corrected chi connectivity index (χ3v) is 4.42. The van der Waals surface area contributed by atoms with E-state index in [0.717, 1.165) is 49.9 Å². The van der Waals surface area contributed by atoms with Crippen LogP contribution in [0.4, 0.5) is 4.39 Å². The SMILES string of the molecule is CC(NC1CCc2cc(F)ccc21)C(=O)N1CCCC1. The smallest absolute Gasteiger partial charge is 0.239 e. The highest BCUT2D eigenvalue weighted by Gasteiger charge is 2.28. The van der Waals surface area contributed by atoms with E-state index in [1.165, 1.54) is 6.07 Å². The first-order chi connectivity index (χ1) is 9.65. The lowest BCUT2D eigenvalue weighted by Crippen LogP contribution is -2.44. The van der Waals surface area contributed by atoms with Crippen LogP contribution >= 0.6 is 0 Å². The molecule has 1 N–H and O–H groups in total. The van der Waals surface area contributed by atoms with Crippen molar-refractivity contribution in [3.05, 3.63) is 35.1 Å². The highest BCUT2D eigenvalue weighted by atomic mass is 19.1. The number of hydrogen-bond donors (Lipinski definition) is 1. The third-order valence-electron chi connectivity index (χ3n) is 4.42. The predicted octanol–water partition coefficient (Wildman–Crippen LogP) is 2.41. The molecule has 1 heterocycles. The zero-order chi connectivity index (χ0) is 14.1. The van der Waals surface area contributed by atoms with Crippen LogP contribution in [0.25, 0.3) is 0 Å². The van der Waals surface area contributed by atoms with Crippen LogP contribution in [0, 0.1) is 5.82 Å². The topological polar surface area (TPSA) is 32.3 Å². The van der Waals surface area contributed by atoms with Crippen molar-refractivity contribution < 1.29 is 9.18 Å². The minimum Gasteiger partial charge on any atom is -0.341 e. The minimum absolute atomic E-state index is 0.172. The number of hydrogen-bond acceptors (Lipinski definition) is 2. The second kappa shape index (κ2) is 5.52. The molecule has 2 aliphatic rings. The molecular formula is C16H21FN2O. The second-order valence-electron chi connectivity index (χ2n) is 5.86. The monoisotopic (exact) mass is 276 g/mol. The van der Waals surface area contributed by atoms with Crippen LogP contribution in [0.5, 0.6) is 0 Å². The van der Waals surface area contributed by atoms with E-state index in [0.29, 0.717) is 0 Å². The highest BCUT2D eigenvalue weighted by molar-refractivity contribution is 5.81. The Bertz CT molecular complexity index is 511. The zero-order valence-corrected chi connectivity index (χ0v) is 11.9. The van der Waals surface area contributed by atoms with Crippen molar-refractivity contribution >= 4 is 5.91 Å². The molecule has 1 aromatic carbocycles. The number of amides is 1. The summed E-state index contributed by atoms with van der Waals surface area (Å²) in [6.07, 6.45) is 4.06. The van der Waals surface area contributed by atoms with Gasteiger partial charge in [-0.2, -0.15) is 0 Å². The molecule has 0 radical (unpaired) electrons. The fraction of sp³-hybridized carbons (Fsp3) is 0.562. The Morgan fingerprint density at radius 1 is 1.40 bits per heavy atom. The fourth-order valence-electron chi connectivity index (χ4n) is 3.34. The predicted molar refractivity (Wildman–Crippen MR) is 75.9 cm³/mol. The first-order valence-electron chi connectivity index (χ1n) is 7.48. The number of likely N-dealkylation sites (tertiary alicyclic amines) is 1. The van der Waals surface area contributed by atoms with Crippen LogP contribution in [-0.2, 0) is 11.2 Å². The Labute approximate surface area is 119 Å². The average Bonchev–Trinajstić information content (AvgIpc) is 3.07. The molecule has 0 bridgehead atoms. The van der Waals surface area contributed by atoms with Crippen molar-refractivity contribution in [2.75, 3.05) is 13.1 Å². The van der Waals surface area contributed by atoms with Crippen LogP contribution < -0.4 is 5.32 Å². The van der Waals surface area contributed by atoms with E-state index in [1.807, 2.05) is 17.9 Å². The zero-order valence-electron chi connectivity index (χ0n) is 11.9. The summed E-state index contributed by atoms with van der Waals surface area (Å²) in [6, 6.07) is 4.97. The molecule has 2 atom stereocenters. The molecule has 1 aromatic rings. The van der Waals surface area contributed by atoms with E-state index in [9.17, 15) is 9.18 Å². The molecule has 20 heavy (non-hydrogen) atoms. The van der Waals surface area contributed by atoms with Crippen molar-refractivity contribution in [2.24, 2.45) is 0 Å². The van der Waals surface area contributed by atoms with Gasteiger partial charge >= 0.3 is 0 Å². The number of carbonyl (C=O) groups is 1. The number of halogens is 1. The van der Waals surface area contributed by atoms with Gasteiger partial charge in [0.1, 0.15) is 5.82 Å². The number of nitrogens with one attached hydrogen (secondary N) is 1. The number of rotatable bonds is 3. The lowest BCUT2D eigenvalue weighted by Gasteiger charge is -2.24. The molecule has 3 rings (SSSR count). The van der Waals surface area contributed by atoms with Gasteiger partial charge in [-0.3, -0.25) is 10.1 Å². The first-order valence-corrected chi connectivity index (χ1v) is 7.48. The number of nitrogens with zero attached hydrogens (tertiary/aromatic N) is 1.